The van der Waals surface area contributed by atoms with Gasteiger partial charge in [0.25, 0.3) is 0 Å². The molecule has 2 nitrogen and oxygen atoms in total. The Bertz CT molecular complexity index is 1070. The Kier molecular flexibility index (Phi) is 4.04. The number of hydrogen-bond acceptors (Lipinski definition) is 2. The van der Waals surface area contributed by atoms with Crippen molar-refractivity contribution in [2.45, 2.75) is 0 Å². The molecule has 4 rings (SSSR count). The van der Waals surface area contributed by atoms with E-state index in [1.54, 1.807) is 18.3 Å². The van der Waals surface area contributed by atoms with Crippen LogP contribution < -0.4 is 0 Å². The van der Waals surface area contributed by atoms with Gasteiger partial charge in [-0.25, -0.2) is 0 Å². The van der Waals surface area contributed by atoms with Crippen molar-refractivity contribution >= 4 is 28.3 Å². The zero-order valence-corrected chi connectivity index (χ0v) is 14.1. The molecule has 1 heterocycles. The predicted molar refractivity (Wildman–Crippen MR) is 102 cm³/mol. The minimum absolute atomic E-state index is 0.122. The van der Waals surface area contributed by atoms with Crippen LogP contribution in [0, 0.1) is 0 Å². The lowest BCUT2D eigenvalue weighted by molar-refractivity contribution is 0.103. The van der Waals surface area contributed by atoms with Crippen LogP contribution in [0.3, 0.4) is 0 Å². The van der Waals surface area contributed by atoms with Gasteiger partial charge in [-0.2, -0.15) is 0 Å². The first-order valence-corrected chi connectivity index (χ1v) is 8.36. The van der Waals surface area contributed by atoms with Gasteiger partial charge in [-0.05, 0) is 23.8 Å². The van der Waals surface area contributed by atoms with E-state index in [-0.39, 0.29) is 5.78 Å². The molecule has 0 aliphatic rings. The Morgan fingerprint density at radius 1 is 0.760 bits per heavy atom. The van der Waals surface area contributed by atoms with Gasteiger partial charge in [-0.1, -0.05) is 72.3 Å². The number of carbonyl (C=O) groups is 1. The topological polar surface area (TPSA) is 30.0 Å². The minimum Gasteiger partial charge on any atom is -0.288 e. The SMILES string of the molecule is O=C(c1ccccc1Cl)c1cnc2ccccc2c1-c1ccccc1. The van der Waals surface area contributed by atoms with E-state index in [1.807, 2.05) is 66.7 Å². The number of pyridine rings is 1. The van der Waals surface area contributed by atoms with Crippen molar-refractivity contribution in [2.24, 2.45) is 0 Å². The van der Waals surface area contributed by atoms with Crippen LogP contribution in [-0.2, 0) is 0 Å². The van der Waals surface area contributed by atoms with E-state index in [2.05, 4.69) is 4.98 Å². The second-order valence-electron chi connectivity index (χ2n) is 5.74. The number of ketones is 1. The molecule has 0 atom stereocenters. The van der Waals surface area contributed by atoms with Crippen LogP contribution in [0.2, 0.25) is 5.02 Å². The molecule has 3 heteroatoms. The number of fused-ring (bicyclic) bond motifs is 1. The van der Waals surface area contributed by atoms with E-state index < -0.39 is 0 Å². The van der Waals surface area contributed by atoms with Gasteiger partial charge >= 0.3 is 0 Å². The van der Waals surface area contributed by atoms with Crippen LogP contribution in [0.25, 0.3) is 22.0 Å². The van der Waals surface area contributed by atoms with E-state index in [0.29, 0.717) is 16.1 Å². The fourth-order valence-electron chi connectivity index (χ4n) is 3.02. The largest absolute Gasteiger partial charge is 0.288 e. The van der Waals surface area contributed by atoms with Gasteiger partial charge in [-0.15, -0.1) is 0 Å². The Labute approximate surface area is 150 Å². The summed E-state index contributed by atoms with van der Waals surface area (Å²) < 4.78 is 0. The summed E-state index contributed by atoms with van der Waals surface area (Å²) in [6.07, 6.45) is 1.65. The van der Waals surface area contributed by atoms with Gasteiger partial charge in [0, 0.05) is 28.3 Å². The maximum atomic E-state index is 13.2. The molecule has 0 saturated carbocycles. The molecule has 0 unspecified atom stereocenters. The molecule has 0 fully saturated rings. The summed E-state index contributed by atoms with van der Waals surface area (Å²) in [4.78, 5) is 17.7. The van der Waals surface area contributed by atoms with Crippen molar-refractivity contribution in [3.8, 4) is 11.1 Å². The Balaban J connectivity index is 2.02. The number of para-hydroxylation sites is 1. The molecule has 0 saturated heterocycles. The number of carbonyl (C=O) groups excluding carboxylic acids is 1. The summed E-state index contributed by atoms with van der Waals surface area (Å²) in [7, 11) is 0. The molecule has 3 aromatic carbocycles. The van der Waals surface area contributed by atoms with E-state index in [0.717, 1.165) is 22.0 Å². The van der Waals surface area contributed by atoms with Crippen LogP contribution >= 0.6 is 11.6 Å². The lowest BCUT2D eigenvalue weighted by Crippen LogP contribution is -2.06. The summed E-state index contributed by atoms with van der Waals surface area (Å²) in [5.41, 5.74) is 3.76. The molecule has 25 heavy (non-hydrogen) atoms. The number of aromatic nitrogens is 1. The van der Waals surface area contributed by atoms with Crippen molar-refractivity contribution in [3.63, 3.8) is 0 Å². The number of benzene rings is 3. The van der Waals surface area contributed by atoms with Gasteiger partial charge in [0.2, 0.25) is 0 Å². The van der Waals surface area contributed by atoms with Gasteiger partial charge < -0.3 is 0 Å². The van der Waals surface area contributed by atoms with Crippen molar-refractivity contribution in [2.75, 3.05) is 0 Å². The van der Waals surface area contributed by atoms with E-state index >= 15 is 0 Å². The van der Waals surface area contributed by atoms with Crippen molar-refractivity contribution in [1.82, 2.24) is 4.98 Å². The lowest BCUT2D eigenvalue weighted by Gasteiger charge is -2.13. The molecular weight excluding hydrogens is 330 g/mol. The Hall–Kier alpha value is -2.97. The summed E-state index contributed by atoms with van der Waals surface area (Å²) in [5.74, 6) is -0.122. The van der Waals surface area contributed by atoms with Gasteiger partial charge in [0.05, 0.1) is 10.5 Å². The lowest BCUT2D eigenvalue weighted by atomic mass is 9.92. The zero-order valence-electron chi connectivity index (χ0n) is 13.3. The van der Waals surface area contributed by atoms with Crippen molar-refractivity contribution in [3.05, 3.63) is 101 Å². The molecule has 0 spiro atoms. The van der Waals surface area contributed by atoms with Crippen LogP contribution in [0.5, 0.6) is 0 Å². The van der Waals surface area contributed by atoms with E-state index in [1.165, 1.54) is 0 Å². The van der Waals surface area contributed by atoms with Gasteiger partial charge in [-0.3, -0.25) is 9.78 Å². The van der Waals surface area contributed by atoms with Crippen molar-refractivity contribution in [1.29, 1.82) is 0 Å². The molecule has 0 aliphatic heterocycles. The highest BCUT2D eigenvalue weighted by molar-refractivity contribution is 6.35. The molecule has 0 radical (unpaired) electrons. The predicted octanol–water partition coefficient (Wildman–Crippen LogP) is 5.79. The zero-order chi connectivity index (χ0) is 17.2. The van der Waals surface area contributed by atoms with E-state index in [9.17, 15) is 4.79 Å². The van der Waals surface area contributed by atoms with Crippen LogP contribution in [0.4, 0.5) is 0 Å². The molecule has 0 N–H and O–H groups in total. The smallest absolute Gasteiger partial charge is 0.196 e. The Morgan fingerprint density at radius 3 is 2.24 bits per heavy atom. The normalized spacial score (nSPS) is 10.8. The summed E-state index contributed by atoms with van der Waals surface area (Å²) in [6, 6.07) is 24.9. The highest BCUT2D eigenvalue weighted by Crippen LogP contribution is 2.33. The summed E-state index contributed by atoms with van der Waals surface area (Å²) in [5, 5.41) is 1.39. The molecule has 1 aromatic heterocycles. The highest BCUT2D eigenvalue weighted by Gasteiger charge is 2.19. The standard InChI is InChI=1S/C22H14ClNO/c23-19-12-6-4-10-16(19)22(25)18-14-24-20-13-7-5-11-17(20)21(18)15-8-2-1-3-9-15/h1-14H. The average molecular weight is 344 g/mol. The van der Waals surface area contributed by atoms with Crippen LogP contribution in [0.15, 0.2) is 85.1 Å². The maximum absolute atomic E-state index is 13.2. The first-order valence-electron chi connectivity index (χ1n) is 7.98. The number of halogens is 1. The van der Waals surface area contributed by atoms with Crippen LogP contribution in [0.1, 0.15) is 15.9 Å². The quantitative estimate of drug-likeness (QED) is 0.441. The van der Waals surface area contributed by atoms with Gasteiger partial charge in [0.1, 0.15) is 0 Å². The fourth-order valence-corrected chi connectivity index (χ4v) is 3.24. The molecule has 0 amide bonds. The molecule has 0 aliphatic carbocycles. The van der Waals surface area contributed by atoms with Crippen molar-refractivity contribution < 1.29 is 4.79 Å². The van der Waals surface area contributed by atoms with Gasteiger partial charge in [0.15, 0.2) is 5.78 Å². The molecular formula is C22H14ClNO. The molecule has 120 valence electrons. The molecule has 0 bridgehead atoms. The average Bonchev–Trinajstić information content (AvgIpc) is 2.67. The summed E-state index contributed by atoms with van der Waals surface area (Å²) >= 11 is 6.24. The van der Waals surface area contributed by atoms with Crippen LogP contribution in [-0.4, -0.2) is 10.8 Å². The number of nitrogens with zero attached hydrogens (tertiary/aromatic N) is 1. The molecule has 4 aromatic rings. The maximum Gasteiger partial charge on any atom is 0.196 e. The Morgan fingerprint density at radius 2 is 1.44 bits per heavy atom. The summed E-state index contributed by atoms with van der Waals surface area (Å²) in [6.45, 7) is 0. The third kappa shape index (κ3) is 2.81. The monoisotopic (exact) mass is 343 g/mol. The highest BCUT2D eigenvalue weighted by atomic mass is 35.5. The number of hydrogen-bond donors (Lipinski definition) is 0. The third-order valence-corrected chi connectivity index (χ3v) is 4.53. The second kappa shape index (κ2) is 6.50. The first kappa shape index (κ1) is 15.6. The fraction of sp³-hybridized carbons (Fsp3) is 0. The first-order chi connectivity index (χ1) is 12.3. The third-order valence-electron chi connectivity index (χ3n) is 4.20. The van der Waals surface area contributed by atoms with E-state index in [4.69, 9.17) is 11.6 Å². The minimum atomic E-state index is -0.122. The number of rotatable bonds is 3. The second-order valence-corrected chi connectivity index (χ2v) is 6.15.